The highest BCUT2D eigenvalue weighted by atomic mass is 32.2. The van der Waals surface area contributed by atoms with Gasteiger partial charge >= 0.3 is 0 Å². The first-order valence-corrected chi connectivity index (χ1v) is 8.65. The van der Waals surface area contributed by atoms with Crippen LogP contribution in [0.15, 0.2) is 34.1 Å². The van der Waals surface area contributed by atoms with Gasteiger partial charge in [0.1, 0.15) is 0 Å². The second kappa shape index (κ2) is 5.79. The third-order valence-corrected chi connectivity index (χ3v) is 4.84. The van der Waals surface area contributed by atoms with Crippen molar-refractivity contribution in [1.29, 1.82) is 0 Å². The number of rotatable bonds is 6. The largest absolute Gasteiger partial charge is 0.330 e. The predicted molar refractivity (Wildman–Crippen MR) is 68.4 cm³/mol. The Morgan fingerprint density at radius 3 is 2.00 bits per heavy atom. The molecule has 0 amide bonds. The van der Waals surface area contributed by atoms with Gasteiger partial charge < -0.3 is 5.73 Å². The minimum atomic E-state index is -3.60. The van der Waals surface area contributed by atoms with E-state index >= 15 is 0 Å². The Labute approximate surface area is 107 Å². The normalized spacial score (nSPS) is 12.6. The van der Waals surface area contributed by atoms with Crippen LogP contribution >= 0.6 is 0 Å². The van der Waals surface area contributed by atoms with Crippen LogP contribution in [-0.4, -0.2) is 36.2 Å². The van der Waals surface area contributed by atoms with E-state index in [0.717, 1.165) is 6.26 Å². The standard InChI is InChI=1S/C10H16N2O4S2/c1-17(13,14)9-3-5-10(6-4-9)18(15,16)12-8-2-7-11/h3-6,12H,2,7-8,11H2,1H3. The van der Waals surface area contributed by atoms with Crippen LogP contribution in [-0.2, 0) is 19.9 Å². The molecule has 0 radical (unpaired) electrons. The zero-order chi connectivity index (χ0) is 13.8. The van der Waals surface area contributed by atoms with Crippen molar-refractivity contribution >= 4 is 19.9 Å². The van der Waals surface area contributed by atoms with Crippen molar-refractivity contribution < 1.29 is 16.8 Å². The van der Waals surface area contributed by atoms with Gasteiger partial charge in [-0.05, 0) is 37.2 Å². The van der Waals surface area contributed by atoms with Crippen LogP contribution in [0.1, 0.15) is 6.42 Å². The van der Waals surface area contributed by atoms with E-state index < -0.39 is 19.9 Å². The van der Waals surface area contributed by atoms with E-state index in [1.54, 1.807) is 0 Å². The number of nitrogens with one attached hydrogen (secondary N) is 1. The molecular weight excluding hydrogens is 276 g/mol. The highest BCUT2D eigenvalue weighted by Crippen LogP contribution is 2.14. The average Bonchev–Trinajstić information content (AvgIpc) is 2.28. The van der Waals surface area contributed by atoms with Gasteiger partial charge in [-0.3, -0.25) is 0 Å². The Morgan fingerprint density at radius 2 is 1.56 bits per heavy atom. The molecule has 0 spiro atoms. The maximum atomic E-state index is 11.8. The molecule has 1 rings (SSSR count). The molecule has 0 unspecified atom stereocenters. The van der Waals surface area contributed by atoms with Crippen LogP contribution in [0.25, 0.3) is 0 Å². The Hall–Kier alpha value is -0.960. The molecule has 102 valence electrons. The molecule has 0 saturated heterocycles. The molecule has 0 bridgehead atoms. The molecular formula is C10H16N2O4S2. The van der Waals surface area contributed by atoms with Gasteiger partial charge in [-0.1, -0.05) is 0 Å². The van der Waals surface area contributed by atoms with Crippen LogP contribution in [0.3, 0.4) is 0 Å². The van der Waals surface area contributed by atoms with Gasteiger partial charge in [0.2, 0.25) is 10.0 Å². The summed E-state index contributed by atoms with van der Waals surface area (Å²) < 4.78 is 48.4. The van der Waals surface area contributed by atoms with Crippen LogP contribution in [0, 0.1) is 0 Å². The molecule has 18 heavy (non-hydrogen) atoms. The maximum absolute atomic E-state index is 11.8. The summed E-state index contributed by atoms with van der Waals surface area (Å²) in [6.07, 6.45) is 1.61. The number of hydrogen-bond donors (Lipinski definition) is 2. The molecule has 3 N–H and O–H groups in total. The highest BCUT2D eigenvalue weighted by Gasteiger charge is 2.14. The van der Waals surface area contributed by atoms with E-state index in [1.165, 1.54) is 24.3 Å². The van der Waals surface area contributed by atoms with Gasteiger partial charge in [-0.15, -0.1) is 0 Å². The third-order valence-electron chi connectivity index (χ3n) is 2.24. The second-order valence-corrected chi connectivity index (χ2v) is 7.57. The molecule has 8 heteroatoms. The zero-order valence-corrected chi connectivity index (χ0v) is 11.6. The number of sulfone groups is 1. The zero-order valence-electron chi connectivity index (χ0n) is 9.96. The summed E-state index contributed by atoms with van der Waals surface area (Å²) in [5.41, 5.74) is 5.26. The van der Waals surface area contributed by atoms with E-state index in [1.807, 2.05) is 0 Å². The highest BCUT2D eigenvalue weighted by molar-refractivity contribution is 7.90. The molecule has 0 fully saturated rings. The number of hydrogen-bond acceptors (Lipinski definition) is 5. The molecule has 0 aromatic heterocycles. The molecule has 0 aliphatic rings. The van der Waals surface area contributed by atoms with Gasteiger partial charge in [0.25, 0.3) is 0 Å². The van der Waals surface area contributed by atoms with Gasteiger partial charge in [0, 0.05) is 12.8 Å². The van der Waals surface area contributed by atoms with Crippen LogP contribution in [0.4, 0.5) is 0 Å². The van der Waals surface area contributed by atoms with Gasteiger partial charge in [-0.25, -0.2) is 21.6 Å². The molecule has 0 aliphatic carbocycles. The fourth-order valence-corrected chi connectivity index (χ4v) is 2.96. The Balaban J connectivity index is 2.91. The number of sulfonamides is 1. The SMILES string of the molecule is CS(=O)(=O)c1ccc(S(=O)(=O)NCCCN)cc1. The van der Waals surface area contributed by atoms with E-state index in [4.69, 9.17) is 5.73 Å². The van der Waals surface area contributed by atoms with Crippen LogP contribution < -0.4 is 10.5 Å². The average molecular weight is 292 g/mol. The summed E-state index contributed by atoms with van der Waals surface area (Å²) in [7, 11) is -6.91. The summed E-state index contributed by atoms with van der Waals surface area (Å²) >= 11 is 0. The maximum Gasteiger partial charge on any atom is 0.240 e. The van der Waals surface area contributed by atoms with E-state index in [0.29, 0.717) is 13.0 Å². The van der Waals surface area contributed by atoms with Gasteiger partial charge in [0.05, 0.1) is 9.79 Å². The first-order chi connectivity index (χ1) is 8.27. The van der Waals surface area contributed by atoms with E-state index in [2.05, 4.69) is 4.72 Å². The number of benzene rings is 1. The van der Waals surface area contributed by atoms with Gasteiger partial charge in [-0.2, -0.15) is 0 Å². The molecule has 0 atom stereocenters. The fraction of sp³-hybridized carbons (Fsp3) is 0.400. The third kappa shape index (κ3) is 4.05. The summed E-state index contributed by atoms with van der Waals surface area (Å²) in [6, 6.07) is 5.07. The van der Waals surface area contributed by atoms with Crippen LogP contribution in [0.2, 0.25) is 0 Å². The van der Waals surface area contributed by atoms with Crippen molar-refractivity contribution in [2.45, 2.75) is 16.2 Å². The Bertz CT molecular complexity index is 591. The molecule has 0 aliphatic heterocycles. The van der Waals surface area contributed by atoms with Crippen molar-refractivity contribution in [2.75, 3.05) is 19.3 Å². The smallest absolute Gasteiger partial charge is 0.240 e. The van der Waals surface area contributed by atoms with Crippen LogP contribution in [0.5, 0.6) is 0 Å². The molecule has 0 heterocycles. The second-order valence-electron chi connectivity index (χ2n) is 3.78. The van der Waals surface area contributed by atoms with Crippen molar-refractivity contribution in [2.24, 2.45) is 5.73 Å². The number of nitrogens with two attached hydrogens (primary N) is 1. The molecule has 1 aromatic rings. The summed E-state index contributed by atoms with van der Waals surface area (Å²) in [5, 5.41) is 0. The Morgan fingerprint density at radius 1 is 1.06 bits per heavy atom. The van der Waals surface area contributed by atoms with E-state index in [-0.39, 0.29) is 16.3 Å². The monoisotopic (exact) mass is 292 g/mol. The topological polar surface area (TPSA) is 106 Å². The van der Waals surface area contributed by atoms with Crippen molar-refractivity contribution in [3.8, 4) is 0 Å². The fourth-order valence-electron chi connectivity index (χ4n) is 1.26. The molecule has 0 saturated carbocycles. The van der Waals surface area contributed by atoms with Gasteiger partial charge in [0.15, 0.2) is 9.84 Å². The molecule has 1 aromatic carbocycles. The van der Waals surface area contributed by atoms with Crippen molar-refractivity contribution in [3.63, 3.8) is 0 Å². The lowest BCUT2D eigenvalue weighted by Gasteiger charge is -2.06. The minimum absolute atomic E-state index is 0.0342. The first-order valence-electron chi connectivity index (χ1n) is 5.27. The lowest BCUT2D eigenvalue weighted by molar-refractivity contribution is 0.579. The lowest BCUT2D eigenvalue weighted by atomic mass is 10.4. The quantitative estimate of drug-likeness (QED) is 0.701. The van der Waals surface area contributed by atoms with E-state index in [9.17, 15) is 16.8 Å². The minimum Gasteiger partial charge on any atom is -0.330 e. The summed E-state index contributed by atoms with van der Waals surface area (Å²) in [5.74, 6) is 0. The Kier molecular flexibility index (Phi) is 4.85. The first kappa shape index (κ1) is 15.1. The lowest BCUT2D eigenvalue weighted by Crippen LogP contribution is -2.26. The van der Waals surface area contributed by atoms with Crippen molar-refractivity contribution in [1.82, 2.24) is 4.72 Å². The summed E-state index contributed by atoms with van der Waals surface area (Å²) in [4.78, 5) is 0.121. The molecule has 6 nitrogen and oxygen atoms in total. The predicted octanol–water partition coefficient (Wildman–Crippen LogP) is -0.283. The summed E-state index contributed by atoms with van der Waals surface area (Å²) in [6.45, 7) is 0.655. The van der Waals surface area contributed by atoms with Crippen molar-refractivity contribution in [3.05, 3.63) is 24.3 Å².